The summed E-state index contributed by atoms with van der Waals surface area (Å²) in [7, 11) is 0. The molecule has 0 heterocycles. The van der Waals surface area contributed by atoms with Crippen LogP contribution in [-0.4, -0.2) is 5.54 Å². The first kappa shape index (κ1) is 15.0. The van der Waals surface area contributed by atoms with Crippen molar-refractivity contribution in [2.24, 2.45) is 0 Å². The number of allylic oxidation sites excluding steroid dienone is 2. The zero-order chi connectivity index (χ0) is 15.4. The minimum absolute atomic E-state index is 0.171. The SMILES string of the molecule is CC1=Cc2cc3c(cc2=[C]1[Ti]([CH3])([CH3])[NH]C(C)(C)C)C=CC=3. The zero-order valence-corrected chi connectivity index (χ0v) is 15.5. The Hall–Kier alpha value is -0.886. The van der Waals surface area contributed by atoms with E-state index in [0.717, 1.165) is 0 Å². The summed E-state index contributed by atoms with van der Waals surface area (Å²) in [4.78, 5) is 0. The molecular formula is C19H25NTi. The van der Waals surface area contributed by atoms with Crippen molar-refractivity contribution in [1.29, 1.82) is 0 Å². The van der Waals surface area contributed by atoms with E-state index in [1.165, 1.54) is 27.1 Å². The average Bonchev–Trinajstić information content (AvgIpc) is 2.83. The molecule has 0 amide bonds. The van der Waals surface area contributed by atoms with E-state index in [4.69, 9.17) is 0 Å². The van der Waals surface area contributed by atoms with Crippen LogP contribution in [0.3, 0.4) is 0 Å². The van der Waals surface area contributed by atoms with Crippen molar-refractivity contribution in [3.63, 3.8) is 0 Å². The number of fused-ring (bicyclic) bond motifs is 2. The van der Waals surface area contributed by atoms with Gasteiger partial charge in [0.2, 0.25) is 0 Å². The molecule has 0 spiro atoms. The average molecular weight is 315 g/mol. The molecular weight excluding hydrogens is 290 g/mol. The Morgan fingerprint density at radius 2 is 1.76 bits per heavy atom. The molecule has 1 N–H and O–H groups in total. The van der Waals surface area contributed by atoms with Gasteiger partial charge in [-0.3, -0.25) is 0 Å². The van der Waals surface area contributed by atoms with Crippen LogP contribution in [-0.2, 0) is 16.8 Å². The van der Waals surface area contributed by atoms with Gasteiger partial charge in [-0.05, 0) is 0 Å². The van der Waals surface area contributed by atoms with E-state index in [2.05, 4.69) is 78.4 Å². The van der Waals surface area contributed by atoms with Gasteiger partial charge in [0.1, 0.15) is 0 Å². The van der Waals surface area contributed by atoms with E-state index in [-0.39, 0.29) is 5.54 Å². The second-order valence-electron chi connectivity index (χ2n) is 7.80. The van der Waals surface area contributed by atoms with Gasteiger partial charge in [-0.25, -0.2) is 0 Å². The molecule has 2 aliphatic rings. The monoisotopic (exact) mass is 315 g/mol. The van der Waals surface area contributed by atoms with Gasteiger partial charge in [0, 0.05) is 0 Å². The summed E-state index contributed by atoms with van der Waals surface area (Å²) in [6, 6.07) is 4.74. The first-order chi connectivity index (χ1) is 9.67. The van der Waals surface area contributed by atoms with E-state index >= 15 is 0 Å². The fraction of sp³-hybridized carbons (Fsp3) is 0.368. The Labute approximate surface area is 131 Å². The van der Waals surface area contributed by atoms with Crippen LogP contribution in [0.5, 0.6) is 0 Å². The Bertz CT molecular complexity index is 786. The fourth-order valence-electron chi connectivity index (χ4n) is 3.88. The second-order valence-corrected chi connectivity index (χ2v) is 14.0. The first-order valence-corrected chi connectivity index (χ1v) is 12.4. The summed E-state index contributed by atoms with van der Waals surface area (Å²) >= 11 is -2.26. The minimum atomic E-state index is -2.26. The topological polar surface area (TPSA) is 12.0 Å². The maximum atomic E-state index is 3.96. The third kappa shape index (κ3) is 2.75. The number of hydrogen-bond donors (Lipinski definition) is 1. The first-order valence-electron chi connectivity index (χ1n) is 7.73. The van der Waals surface area contributed by atoms with Crippen LogP contribution in [0.2, 0.25) is 10.5 Å². The molecule has 110 valence electrons. The van der Waals surface area contributed by atoms with Gasteiger partial charge in [0.05, 0.1) is 0 Å². The number of hydrogen-bond acceptors (Lipinski definition) is 1. The molecule has 3 rings (SSSR count). The molecule has 2 heteroatoms. The summed E-state index contributed by atoms with van der Waals surface area (Å²) in [5.74, 6) is 0. The van der Waals surface area contributed by atoms with Crippen molar-refractivity contribution in [3.8, 4) is 0 Å². The van der Waals surface area contributed by atoms with Gasteiger partial charge in [0.15, 0.2) is 0 Å². The molecule has 1 aromatic carbocycles. The van der Waals surface area contributed by atoms with Crippen LogP contribution in [0.15, 0.2) is 23.8 Å². The molecule has 0 unspecified atom stereocenters. The van der Waals surface area contributed by atoms with E-state index in [0.29, 0.717) is 0 Å². The van der Waals surface area contributed by atoms with Gasteiger partial charge in [-0.2, -0.15) is 0 Å². The van der Waals surface area contributed by atoms with E-state index in [9.17, 15) is 0 Å². The van der Waals surface area contributed by atoms with Gasteiger partial charge in [-0.1, -0.05) is 0 Å². The van der Waals surface area contributed by atoms with E-state index in [1.54, 1.807) is 3.88 Å². The molecule has 1 nitrogen and oxygen atoms in total. The maximum absolute atomic E-state index is 3.96. The second kappa shape index (κ2) is 4.81. The van der Waals surface area contributed by atoms with Gasteiger partial charge in [-0.15, -0.1) is 0 Å². The third-order valence-corrected chi connectivity index (χ3v) is 9.29. The predicted octanol–water partition coefficient (Wildman–Crippen LogP) is 3.57. The molecule has 2 aliphatic carbocycles. The van der Waals surface area contributed by atoms with Crippen molar-refractivity contribution in [1.82, 2.24) is 3.80 Å². The fourth-order valence-corrected chi connectivity index (χ4v) is 10.0. The Kier molecular flexibility index (Phi) is 3.44. The standard InChI is InChI=1S/C13H9.C4H10N.2CH3.Ti/c1-9-5-12-7-10-3-2-4-11(10)8-13(12)6-9;1-4(2,3)5;;;/h2-5,7-8H,1H3;5H,1-3H3;2*1H3;/q;-1;;;+1. The molecule has 0 radical (unpaired) electrons. The summed E-state index contributed by atoms with van der Waals surface area (Å²) in [6.45, 7) is 9.10. The number of rotatable bonds is 2. The van der Waals surface area contributed by atoms with Crippen LogP contribution in [0.4, 0.5) is 0 Å². The molecule has 0 aromatic heterocycles. The summed E-state index contributed by atoms with van der Waals surface area (Å²) in [5, 5.41) is 7.77. The van der Waals surface area contributed by atoms with Crippen molar-refractivity contribution < 1.29 is 16.8 Å². The molecule has 0 fully saturated rings. The van der Waals surface area contributed by atoms with E-state index in [1.807, 2.05) is 0 Å². The van der Waals surface area contributed by atoms with Gasteiger partial charge >= 0.3 is 132 Å². The predicted molar refractivity (Wildman–Crippen MR) is 90.9 cm³/mol. The Balaban J connectivity index is 2.21. The molecule has 0 saturated carbocycles. The summed E-state index contributed by atoms with van der Waals surface area (Å²) in [5.41, 5.74) is 4.39. The van der Waals surface area contributed by atoms with E-state index < -0.39 is 16.8 Å². The third-order valence-electron chi connectivity index (χ3n) is 4.15. The number of benzene rings is 1. The van der Waals surface area contributed by atoms with Crippen LogP contribution >= 0.6 is 0 Å². The summed E-state index contributed by atoms with van der Waals surface area (Å²) in [6.07, 6.45) is 8.94. The van der Waals surface area contributed by atoms with Crippen LogP contribution < -0.4 is 14.2 Å². The molecule has 0 atom stereocenters. The zero-order valence-electron chi connectivity index (χ0n) is 14.0. The normalized spacial score (nSPS) is 16.7. The van der Waals surface area contributed by atoms with Crippen molar-refractivity contribution >= 4 is 22.1 Å². The van der Waals surface area contributed by atoms with Crippen molar-refractivity contribution in [2.45, 2.75) is 43.7 Å². The van der Waals surface area contributed by atoms with Gasteiger partial charge in [0.25, 0.3) is 0 Å². The van der Waals surface area contributed by atoms with Crippen molar-refractivity contribution in [2.75, 3.05) is 0 Å². The van der Waals surface area contributed by atoms with Crippen LogP contribution in [0.1, 0.15) is 38.8 Å². The summed E-state index contributed by atoms with van der Waals surface area (Å²) < 4.78 is 5.57. The Morgan fingerprint density at radius 3 is 2.43 bits per heavy atom. The molecule has 21 heavy (non-hydrogen) atoms. The van der Waals surface area contributed by atoms with Gasteiger partial charge < -0.3 is 0 Å². The van der Waals surface area contributed by atoms with Crippen LogP contribution in [0, 0.1) is 0 Å². The molecule has 0 aliphatic heterocycles. The quantitative estimate of drug-likeness (QED) is 0.823. The number of nitrogens with one attached hydrogen (secondary N) is 1. The van der Waals surface area contributed by atoms with Crippen LogP contribution in [0.25, 0.3) is 22.1 Å². The van der Waals surface area contributed by atoms with Crippen molar-refractivity contribution in [3.05, 3.63) is 45.3 Å². The Morgan fingerprint density at radius 1 is 1.05 bits per heavy atom. The molecule has 0 bridgehead atoms. The molecule has 0 saturated heterocycles. The molecule has 1 aromatic rings.